The second kappa shape index (κ2) is 10.8. The SMILES string of the molecule is CC.CC1(c2ccc(F)cc2)OCc2cc(C#N)ccc21.CCCN(C)C. The number of ether oxygens (including phenoxy) is 1. The number of nitriles is 1. The van der Waals surface area contributed by atoms with Crippen molar-refractivity contribution in [2.24, 2.45) is 0 Å². The molecule has 1 unspecified atom stereocenters. The van der Waals surface area contributed by atoms with Crippen LogP contribution in [-0.2, 0) is 16.9 Å². The van der Waals surface area contributed by atoms with Crippen molar-refractivity contribution >= 4 is 0 Å². The molecule has 0 spiro atoms. The first-order valence-corrected chi connectivity index (χ1v) is 9.49. The minimum absolute atomic E-state index is 0.259. The fraction of sp³-hybridized carbons (Fsp3) is 0.435. The first-order chi connectivity index (χ1) is 12.9. The summed E-state index contributed by atoms with van der Waals surface area (Å²) < 4.78 is 18.9. The number of hydrogen-bond donors (Lipinski definition) is 0. The Morgan fingerprint density at radius 3 is 2.26 bits per heavy atom. The van der Waals surface area contributed by atoms with Gasteiger partial charge in [0, 0.05) is 0 Å². The summed E-state index contributed by atoms with van der Waals surface area (Å²) >= 11 is 0. The van der Waals surface area contributed by atoms with Gasteiger partial charge in [0.1, 0.15) is 11.4 Å². The molecule has 1 aliphatic rings. The molecule has 0 fully saturated rings. The Morgan fingerprint density at radius 2 is 1.78 bits per heavy atom. The van der Waals surface area contributed by atoms with E-state index in [9.17, 15) is 4.39 Å². The summed E-state index contributed by atoms with van der Waals surface area (Å²) in [6.07, 6.45) is 1.26. The number of rotatable bonds is 3. The van der Waals surface area contributed by atoms with Gasteiger partial charge in [-0.25, -0.2) is 4.39 Å². The third-order valence-corrected chi connectivity index (χ3v) is 4.33. The van der Waals surface area contributed by atoms with E-state index in [4.69, 9.17) is 10.00 Å². The van der Waals surface area contributed by atoms with Crippen LogP contribution in [0, 0.1) is 17.1 Å². The quantitative estimate of drug-likeness (QED) is 0.718. The molecule has 27 heavy (non-hydrogen) atoms. The summed E-state index contributed by atoms with van der Waals surface area (Å²) in [5, 5.41) is 8.91. The summed E-state index contributed by atoms with van der Waals surface area (Å²) in [5.41, 5.74) is 3.03. The van der Waals surface area contributed by atoms with Crippen molar-refractivity contribution in [2.45, 2.75) is 46.3 Å². The number of benzene rings is 2. The lowest BCUT2D eigenvalue weighted by atomic mass is 9.87. The van der Waals surface area contributed by atoms with Gasteiger partial charge < -0.3 is 9.64 Å². The zero-order valence-electron chi connectivity index (χ0n) is 17.3. The van der Waals surface area contributed by atoms with Crippen LogP contribution in [0.1, 0.15) is 56.4 Å². The van der Waals surface area contributed by atoms with E-state index in [1.54, 1.807) is 18.2 Å². The fourth-order valence-electron chi connectivity index (χ4n) is 3.00. The lowest BCUT2D eigenvalue weighted by Crippen LogP contribution is -2.22. The van der Waals surface area contributed by atoms with E-state index in [2.05, 4.69) is 32.0 Å². The molecule has 0 aliphatic carbocycles. The zero-order valence-corrected chi connectivity index (χ0v) is 17.3. The summed E-state index contributed by atoms with van der Waals surface area (Å²) in [5.74, 6) is -0.259. The molecule has 0 saturated carbocycles. The first-order valence-electron chi connectivity index (χ1n) is 9.49. The minimum atomic E-state index is -0.572. The van der Waals surface area contributed by atoms with Crippen molar-refractivity contribution in [1.82, 2.24) is 4.90 Å². The van der Waals surface area contributed by atoms with E-state index >= 15 is 0 Å². The molecule has 0 amide bonds. The van der Waals surface area contributed by atoms with Crippen LogP contribution in [0.2, 0.25) is 0 Å². The van der Waals surface area contributed by atoms with Crippen molar-refractivity contribution < 1.29 is 9.13 Å². The highest BCUT2D eigenvalue weighted by atomic mass is 19.1. The Labute approximate surface area is 163 Å². The van der Waals surface area contributed by atoms with Gasteiger partial charge in [-0.3, -0.25) is 0 Å². The Bertz CT molecular complexity index is 750. The van der Waals surface area contributed by atoms with Crippen LogP contribution < -0.4 is 0 Å². The molecule has 2 aromatic carbocycles. The highest BCUT2D eigenvalue weighted by Gasteiger charge is 2.37. The van der Waals surface area contributed by atoms with Crippen molar-refractivity contribution in [3.8, 4) is 6.07 Å². The standard InChI is InChI=1S/C16H12FNO.C5H13N.C2H6/c1-16(13-3-5-14(17)6-4-13)15-7-2-11(9-18)8-12(15)10-19-16;1-4-5-6(2)3;1-2/h2-8H,10H2,1H3;4-5H2,1-3H3;1-2H3. The third-order valence-electron chi connectivity index (χ3n) is 4.33. The maximum absolute atomic E-state index is 13.0. The lowest BCUT2D eigenvalue weighted by Gasteiger charge is -2.25. The maximum Gasteiger partial charge on any atom is 0.123 e. The fourth-order valence-corrected chi connectivity index (χ4v) is 3.00. The normalized spacial score (nSPS) is 17.1. The summed E-state index contributed by atoms with van der Waals surface area (Å²) in [4.78, 5) is 2.18. The first kappa shape index (κ1) is 22.8. The van der Waals surface area contributed by atoms with Gasteiger partial charge in [-0.1, -0.05) is 39.0 Å². The molecule has 146 valence electrons. The second-order valence-corrected chi connectivity index (χ2v) is 6.62. The van der Waals surface area contributed by atoms with E-state index in [1.165, 1.54) is 25.1 Å². The average Bonchev–Trinajstić information content (AvgIpc) is 3.01. The molecule has 2 aromatic rings. The lowest BCUT2D eigenvalue weighted by molar-refractivity contribution is 0.00967. The zero-order chi connectivity index (χ0) is 20.4. The molecule has 0 aromatic heterocycles. The van der Waals surface area contributed by atoms with Crippen LogP contribution in [-0.4, -0.2) is 25.5 Å². The Morgan fingerprint density at radius 1 is 1.15 bits per heavy atom. The molecule has 0 saturated heterocycles. The van der Waals surface area contributed by atoms with Gasteiger partial charge in [-0.05, 0) is 74.9 Å². The van der Waals surface area contributed by atoms with Crippen molar-refractivity contribution in [1.29, 1.82) is 5.26 Å². The Kier molecular flexibility index (Phi) is 9.14. The van der Waals surface area contributed by atoms with E-state index in [1.807, 2.05) is 32.9 Å². The number of halogens is 1. The topological polar surface area (TPSA) is 36.3 Å². The van der Waals surface area contributed by atoms with Gasteiger partial charge >= 0.3 is 0 Å². The highest BCUT2D eigenvalue weighted by molar-refractivity contribution is 5.47. The molecule has 3 nitrogen and oxygen atoms in total. The van der Waals surface area contributed by atoms with Gasteiger partial charge in [0.05, 0.1) is 18.2 Å². The monoisotopic (exact) mass is 370 g/mol. The third kappa shape index (κ3) is 5.89. The molecule has 3 rings (SSSR count). The van der Waals surface area contributed by atoms with E-state index in [0.717, 1.165) is 16.7 Å². The van der Waals surface area contributed by atoms with Crippen LogP contribution in [0.25, 0.3) is 0 Å². The van der Waals surface area contributed by atoms with Crippen LogP contribution in [0.3, 0.4) is 0 Å². The van der Waals surface area contributed by atoms with Crippen LogP contribution in [0.5, 0.6) is 0 Å². The van der Waals surface area contributed by atoms with Crippen LogP contribution in [0.4, 0.5) is 4.39 Å². The smallest absolute Gasteiger partial charge is 0.123 e. The maximum atomic E-state index is 13.0. The second-order valence-electron chi connectivity index (χ2n) is 6.62. The van der Waals surface area contributed by atoms with Gasteiger partial charge in [-0.15, -0.1) is 0 Å². The largest absolute Gasteiger partial charge is 0.361 e. The predicted octanol–water partition coefficient (Wildman–Crippen LogP) is 5.48. The average molecular weight is 371 g/mol. The molecule has 0 radical (unpaired) electrons. The number of nitrogens with zero attached hydrogens (tertiary/aromatic N) is 2. The van der Waals surface area contributed by atoms with E-state index < -0.39 is 5.60 Å². The molecule has 0 N–H and O–H groups in total. The van der Waals surface area contributed by atoms with Gasteiger partial charge in [0.25, 0.3) is 0 Å². The Balaban J connectivity index is 0.000000392. The molecular formula is C23H31FN2O. The van der Waals surface area contributed by atoms with Gasteiger partial charge in [0.2, 0.25) is 0 Å². The predicted molar refractivity (Wildman–Crippen MR) is 109 cm³/mol. The van der Waals surface area contributed by atoms with Crippen molar-refractivity contribution in [3.63, 3.8) is 0 Å². The van der Waals surface area contributed by atoms with Crippen LogP contribution >= 0.6 is 0 Å². The van der Waals surface area contributed by atoms with Gasteiger partial charge in [-0.2, -0.15) is 5.26 Å². The molecule has 1 heterocycles. The highest BCUT2D eigenvalue weighted by Crippen LogP contribution is 2.41. The van der Waals surface area contributed by atoms with E-state index in [-0.39, 0.29) is 5.82 Å². The van der Waals surface area contributed by atoms with Crippen molar-refractivity contribution in [2.75, 3.05) is 20.6 Å². The van der Waals surface area contributed by atoms with Crippen LogP contribution in [0.15, 0.2) is 42.5 Å². The molecular weight excluding hydrogens is 339 g/mol. The summed E-state index contributed by atoms with van der Waals surface area (Å²) in [7, 11) is 4.17. The number of hydrogen-bond acceptors (Lipinski definition) is 3. The summed E-state index contributed by atoms with van der Waals surface area (Å²) in [6.45, 7) is 9.83. The minimum Gasteiger partial charge on any atom is -0.361 e. The van der Waals surface area contributed by atoms with Gasteiger partial charge in [0.15, 0.2) is 0 Å². The van der Waals surface area contributed by atoms with Crippen molar-refractivity contribution in [3.05, 3.63) is 70.5 Å². The number of fused-ring (bicyclic) bond motifs is 1. The molecule has 0 bridgehead atoms. The Hall–Kier alpha value is -2.22. The summed E-state index contributed by atoms with van der Waals surface area (Å²) in [6, 6.07) is 14.0. The molecule has 4 heteroatoms. The molecule has 1 aliphatic heterocycles. The molecule has 1 atom stereocenters. The van der Waals surface area contributed by atoms with E-state index in [0.29, 0.717) is 12.2 Å².